The summed E-state index contributed by atoms with van der Waals surface area (Å²) in [5, 5.41) is 3.11. The number of rotatable bonds is 6. The van der Waals surface area contributed by atoms with E-state index in [2.05, 4.69) is 41.5 Å². The lowest BCUT2D eigenvalue weighted by Crippen LogP contribution is -2.43. The molecule has 2 amide bonds. The first-order valence-corrected chi connectivity index (χ1v) is 12.0. The van der Waals surface area contributed by atoms with Crippen molar-refractivity contribution in [1.82, 2.24) is 19.8 Å². The first-order valence-electron chi connectivity index (χ1n) is 12.0. The molecule has 2 fully saturated rings. The van der Waals surface area contributed by atoms with Crippen LogP contribution in [0.2, 0.25) is 0 Å². The highest BCUT2D eigenvalue weighted by Crippen LogP contribution is 2.43. The Kier molecular flexibility index (Phi) is 6.68. The predicted octanol–water partition coefficient (Wildman–Crippen LogP) is 3.98. The van der Waals surface area contributed by atoms with Crippen LogP contribution in [0.5, 0.6) is 0 Å². The van der Waals surface area contributed by atoms with E-state index < -0.39 is 5.41 Å². The van der Waals surface area contributed by atoms with Crippen LogP contribution >= 0.6 is 0 Å². The molecule has 2 aromatic rings. The van der Waals surface area contributed by atoms with E-state index in [1.165, 1.54) is 5.56 Å². The molecule has 2 heterocycles. The third-order valence-corrected chi connectivity index (χ3v) is 7.22. The zero-order valence-electron chi connectivity index (χ0n) is 20.2. The number of anilines is 1. The lowest BCUT2D eigenvalue weighted by molar-refractivity contribution is -0.136. The number of aryl methyl sites for hydroxylation is 1. The van der Waals surface area contributed by atoms with Crippen molar-refractivity contribution >= 4 is 17.6 Å². The molecule has 0 spiro atoms. The normalized spacial score (nSPS) is 19.5. The summed E-state index contributed by atoms with van der Waals surface area (Å²) in [4.78, 5) is 39.0. The van der Waals surface area contributed by atoms with Crippen LogP contribution in [0.4, 0.5) is 5.82 Å². The van der Waals surface area contributed by atoms with Crippen molar-refractivity contribution in [2.24, 2.45) is 0 Å². The number of nitrogens with zero attached hydrogens (tertiary/aromatic N) is 4. The standard InChI is InChI=1S/C26H35N5O2/c1-18-9-11-20(12-10-18)26(13-5-6-14-26)25(33)30(4)17-21-16-23(27-3)29-24(28-21)22-8-7-15-31(22)19(2)32/h9-12,16,22H,5-8,13-15,17H2,1-4H3,(H,27,28,29)/t22-/m1/s1. The van der Waals surface area contributed by atoms with Gasteiger partial charge in [-0.1, -0.05) is 42.7 Å². The molecule has 7 nitrogen and oxygen atoms in total. The second-order valence-corrected chi connectivity index (χ2v) is 9.54. The summed E-state index contributed by atoms with van der Waals surface area (Å²) in [6.45, 7) is 4.81. The fourth-order valence-electron chi connectivity index (χ4n) is 5.45. The molecule has 33 heavy (non-hydrogen) atoms. The number of aromatic nitrogens is 2. The van der Waals surface area contributed by atoms with E-state index in [4.69, 9.17) is 4.98 Å². The summed E-state index contributed by atoms with van der Waals surface area (Å²) in [7, 11) is 3.70. The Hall–Kier alpha value is -2.96. The van der Waals surface area contributed by atoms with E-state index in [0.717, 1.165) is 56.3 Å². The van der Waals surface area contributed by atoms with Crippen molar-refractivity contribution in [3.05, 3.63) is 53.0 Å². The maximum Gasteiger partial charge on any atom is 0.233 e. The Morgan fingerprint density at radius 2 is 1.85 bits per heavy atom. The van der Waals surface area contributed by atoms with Crippen LogP contribution in [0.1, 0.15) is 74.1 Å². The summed E-state index contributed by atoms with van der Waals surface area (Å²) >= 11 is 0. The first kappa shape index (κ1) is 23.2. The highest BCUT2D eigenvalue weighted by molar-refractivity contribution is 5.88. The molecular formula is C26H35N5O2. The van der Waals surface area contributed by atoms with Crippen molar-refractivity contribution in [1.29, 1.82) is 0 Å². The van der Waals surface area contributed by atoms with Gasteiger partial charge in [-0.15, -0.1) is 0 Å². The smallest absolute Gasteiger partial charge is 0.233 e. The van der Waals surface area contributed by atoms with Gasteiger partial charge in [0, 0.05) is 33.6 Å². The predicted molar refractivity (Wildman–Crippen MR) is 129 cm³/mol. The Bertz CT molecular complexity index is 1010. The zero-order chi connectivity index (χ0) is 23.6. The molecule has 1 aliphatic carbocycles. The summed E-state index contributed by atoms with van der Waals surface area (Å²) < 4.78 is 0. The quantitative estimate of drug-likeness (QED) is 0.722. The summed E-state index contributed by atoms with van der Waals surface area (Å²) in [6, 6.07) is 10.2. The fraction of sp³-hybridized carbons (Fsp3) is 0.538. The summed E-state index contributed by atoms with van der Waals surface area (Å²) in [6.07, 6.45) is 5.70. The number of likely N-dealkylation sites (tertiary alicyclic amines) is 1. The van der Waals surface area contributed by atoms with E-state index in [9.17, 15) is 9.59 Å². The number of amides is 2. The summed E-state index contributed by atoms with van der Waals surface area (Å²) in [5.41, 5.74) is 2.64. The van der Waals surface area contributed by atoms with Gasteiger partial charge in [0.2, 0.25) is 11.8 Å². The molecule has 0 radical (unpaired) electrons. The largest absolute Gasteiger partial charge is 0.373 e. The van der Waals surface area contributed by atoms with Crippen LogP contribution < -0.4 is 5.32 Å². The van der Waals surface area contributed by atoms with Crippen LogP contribution in [0, 0.1) is 6.92 Å². The van der Waals surface area contributed by atoms with Gasteiger partial charge in [0.1, 0.15) is 5.82 Å². The molecule has 0 bridgehead atoms. The van der Waals surface area contributed by atoms with Gasteiger partial charge in [0.25, 0.3) is 0 Å². The van der Waals surface area contributed by atoms with E-state index in [0.29, 0.717) is 18.2 Å². The van der Waals surface area contributed by atoms with Gasteiger partial charge in [-0.3, -0.25) is 9.59 Å². The SMILES string of the molecule is CNc1cc(CN(C)C(=O)C2(c3ccc(C)cc3)CCCC2)nc([C@H]2CCCN2C(C)=O)n1. The van der Waals surface area contributed by atoms with Gasteiger partial charge >= 0.3 is 0 Å². The second kappa shape index (κ2) is 9.49. The molecule has 4 rings (SSSR count). The van der Waals surface area contributed by atoms with Gasteiger partial charge in [0.05, 0.1) is 23.7 Å². The molecule has 7 heteroatoms. The van der Waals surface area contributed by atoms with Gasteiger partial charge in [-0.05, 0) is 38.2 Å². The number of nitrogens with one attached hydrogen (secondary N) is 1. The third kappa shape index (κ3) is 4.59. The number of likely N-dealkylation sites (N-methyl/N-ethyl adjacent to an activating group) is 1. The molecule has 1 saturated heterocycles. The number of benzene rings is 1. The molecule has 1 atom stereocenters. The topological polar surface area (TPSA) is 78.4 Å². The molecule has 1 aromatic carbocycles. The zero-order valence-corrected chi connectivity index (χ0v) is 20.2. The molecule has 0 unspecified atom stereocenters. The third-order valence-electron chi connectivity index (χ3n) is 7.22. The minimum Gasteiger partial charge on any atom is -0.373 e. The van der Waals surface area contributed by atoms with E-state index in [1.807, 2.05) is 30.0 Å². The van der Waals surface area contributed by atoms with Crippen molar-refractivity contribution in [3.63, 3.8) is 0 Å². The average molecular weight is 450 g/mol. The van der Waals surface area contributed by atoms with Crippen LogP contribution in [-0.4, -0.2) is 52.2 Å². The number of hydrogen-bond acceptors (Lipinski definition) is 5. The highest BCUT2D eigenvalue weighted by Gasteiger charge is 2.44. The van der Waals surface area contributed by atoms with Gasteiger partial charge in [0.15, 0.2) is 5.82 Å². The second-order valence-electron chi connectivity index (χ2n) is 9.54. The van der Waals surface area contributed by atoms with Gasteiger partial charge in [-0.25, -0.2) is 9.97 Å². The van der Waals surface area contributed by atoms with E-state index in [1.54, 1.807) is 6.92 Å². The maximum absolute atomic E-state index is 13.8. The van der Waals surface area contributed by atoms with Crippen LogP contribution in [0.15, 0.2) is 30.3 Å². The molecule has 2 aliphatic rings. The Balaban J connectivity index is 1.59. The van der Waals surface area contributed by atoms with Gasteiger partial charge < -0.3 is 15.1 Å². The van der Waals surface area contributed by atoms with Crippen molar-refractivity contribution < 1.29 is 9.59 Å². The fourth-order valence-corrected chi connectivity index (χ4v) is 5.45. The lowest BCUT2D eigenvalue weighted by Gasteiger charge is -2.33. The van der Waals surface area contributed by atoms with Crippen molar-refractivity contribution in [3.8, 4) is 0 Å². The highest BCUT2D eigenvalue weighted by atomic mass is 16.2. The summed E-state index contributed by atoms with van der Waals surface area (Å²) in [5.74, 6) is 1.56. The Morgan fingerprint density at radius 3 is 2.48 bits per heavy atom. The number of carbonyl (C=O) groups is 2. The molecule has 1 N–H and O–H groups in total. The maximum atomic E-state index is 13.8. The average Bonchev–Trinajstić information content (AvgIpc) is 3.49. The van der Waals surface area contributed by atoms with Crippen molar-refractivity contribution in [2.75, 3.05) is 26.0 Å². The van der Waals surface area contributed by atoms with E-state index >= 15 is 0 Å². The van der Waals surface area contributed by atoms with Crippen LogP contribution in [0.3, 0.4) is 0 Å². The Morgan fingerprint density at radius 1 is 1.15 bits per heavy atom. The van der Waals surface area contributed by atoms with Crippen LogP contribution in [0.25, 0.3) is 0 Å². The van der Waals surface area contributed by atoms with Gasteiger partial charge in [-0.2, -0.15) is 0 Å². The molecular weight excluding hydrogens is 414 g/mol. The number of hydrogen-bond donors (Lipinski definition) is 1. The molecule has 1 aromatic heterocycles. The lowest BCUT2D eigenvalue weighted by atomic mass is 9.77. The van der Waals surface area contributed by atoms with Crippen LogP contribution in [-0.2, 0) is 21.5 Å². The number of carbonyl (C=O) groups excluding carboxylic acids is 2. The molecule has 176 valence electrons. The minimum atomic E-state index is -0.457. The Labute approximate surface area is 196 Å². The monoisotopic (exact) mass is 449 g/mol. The van der Waals surface area contributed by atoms with E-state index in [-0.39, 0.29) is 17.9 Å². The first-order chi connectivity index (χ1) is 15.8. The molecule has 1 aliphatic heterocycles. The minimum absolute atomic E-state index is 0.0473. The molecule has 1 saturated carbocycles. The van der Waals surface area contributed by atoms with Crippen molar-refractivity contribution in [2.45, 2.75) is 70.4 Å².